The van der Waals surface area contributed by atoms with Crippen LogP contribution in [0.5, 0.6) is 0 Å². The van der Waals surface area contributed by atoms with E-state index in [1.54, 1.807) is 19.1 Å². The fourth-order valence-corrected chi connectivity index (χ4v) is 3.00. The summed E-state index contributed by atoms with van der Waals surface area (Å²) < 4.78 is 13.6. The fraction of sp³-hybridized carbons (Fsp3) is 0.0526. The second kappa shape index (κ2) is 5.87. The Morgan fingerprint density at radius 2 is 1.70 bits per heavy atom. The molecule has 2 heterocycles. The van der Waals surface area contributed by atoms with Gasteiger partial charge < -0.3 is 9.82 Å². The Morgan fingerprint density at radius 3 is 2.33 bits per heavy atom. The Hall–Kier alpha value is -3.81. The molecule has 1 aliphatic rings. The van der Waals surface area contributed by atoms with Gasteiger partial charge in [0.05, 0.1) is 16.6 Å². The minimum atomic E-state index is -1.20. The summed E-state index contributed by atoms with van der Waals surface area (Å²) in [6.45, 7) is 1.61. The highest BCUT2D eigenvalue weighted by molar-refractivity contribution is 6.21. The lowest BCUT2D eigenvalue weighted by molar-refractivity contribution is -0.0585. The van der Waals surface area contributed by atoms with Crippen LogP contribution in [0.15, 0.2) is 47.4 Å². The zero-order valence-electron chi connectivity index (χ0n) is 13.9. The van der Waals surface area contributed by atoms with Crippen molar-refractivity contribution in [2.24, 2.45) is 0 Å². The van der Waals surface area contributed by atoms with Crippen molar-refractivity contribution in [3.8, 4) is 0 Å². The molecule has 2 amide bonds. The summed E-state index contributed by atoms with van der Waals surface area (Å²) in [4.78, 5) is 57.1. The first kappa shape index (κ1) is 16.6. The van der Waals surface area contributed by atoms with E-state index in [1.165, 1.54) is 18.2 Å². The van der Waals surface area contributed by atoms with Gasteiger partial charge in [-0.25, -0.2) is 9.18 Å². The van der Waals surface area contributed by atoms with Gasteiger partial charge in [-0.05, 0) is 36.8 Å². The van der Waals surface area contributed by atoms with Gasteiger partial charge in [0.1, 0.15) is 11.4 Å². The highest BCUT2D eigenvalue weighted by Gasteiger charge is 2.39. The molecule has 4 rings (SSSR count). The summed E-state index contributed by atoms with van der Waals surface area (Å²) >= 11 is 0. The number of pyridine rings is 1. The largest absolute Gasteiger partial charge is 0.369 e. The van der Waals surface area contributed by atoms with Crippen LogP contribution in [0.3, 0.4) is 0 Å². The Bertz CT molecular complexity index is 1180. The molecule has 1 aromatic heterocycles. The van der Waals surface area contributed by atoms with Gasteiger partial charge in [-0.15, -0.1) is 0 Å². The standard InChI is InChI=1S/C19H11FN2O5/c1-9-6-10(20)7-13-15(9)21-8-14(16(13)23)19(26)27-22-17(24)11-4-2-3-5-12(11)18(22)25/h2-8H,1H3,(H,21,23). The molecule has 27 heavy (non-hydrogen) atoms. The van der Waals surface area contributed by atoms with E-state index in [2.05, 4.69) is 4.98 Å². The van der Waals surface area contributed by atoms with Crippen molar-refractivity contribution in [2.75, 3.05) is 0 Å². The first-order valence-corrected chi connectivity index (χ1v) is 7.90. The first-order chi connectivity index (χ1) is 12.9. The van der Waals surface area contributed by atoms with Crippen molar-refractivity contribution in [1.82, 2.24) is 10.0 Å². The van der Waals surface area contributed by atoms with E-state index in [0.29, 0.717) is 16.1 Å². The number of nitrogens with zero attached hydrogens (tertiary/aromatic N) is 1. The summed E-state index contributed by atoms with van der Waals surface area (Å²) in [6.07, 6.45) is 1.11. The molecule has 1 N–H and O–H groups in total. The molecule has 0 radical (unpaired) electrons. The maximum atomic E-state index is 13.6. The van der Waals surface area contributed by atoms with Crippen molar-refractivity contribution in [1.29, 1.82) is 0 Å². The van der Waals surface area contributed by atoms with Crippen LogP contribution < -0.4 is 5.43 Å². The summed E-state index contributed by atoms with van der Waals surface area (Å²) in [7, 11) is 0. The number of aromatic amines is 1. The summed E-state index contributed by atoms with van der Waals surface area (Å²) in [5.74, 6) is -3.43. The van der Waals surface area contributed by atoms with Gasteiger partial charge >= 0.3 is 5.97 Å². The van der Waals surface area contributed by atoms with E-state index >= 15 is 0 Å². The number of amides is 2. The Labute approximate surface area is 150 Å². The fourth-order valence-electron chi connectivity index (χ4n) is 3.00. The first-order valence-electron chi connectivity index (χ1n) is 7.90. The molecule has 0 saturated heterocycles. The molecule has 0 fully saturated rings. The van der Waals surface area contributed by atoms with Gasteiger partial charge in [-0.1, -0.05) is 17.2 Å². The lowest BCUT2D eigenvalue weighted by Crippen LogP contribution is -2.34. The molecule has 0 spiro atoms. The lowest BCUT2D eigenvalue weighted by atomic mass is 10.1. The Morgan fingerprint density at radius 1 is 1.07 bits per heavy atom. The topological polar surface area (TPSA) is 96.5 Å². The van der Waals surface area contributed by atoms with Crippen LogP contribution in [0.2, 0.25) is 0 Å². The molecule has 134 valence electrons. The zero-order chi connectivity index (χ0) is 19.3. The molecule has 0 bridgehead atoms. The molecule has 0 aliphatic carbocycles. The van der Waals surface area contributed by atoms with Crippen LogP contribution in [0.4, 0.5) is 4.39 Å². The predicted octanol–water partition coefficient (Wildman–Crippen LogP) is 2.34. The van der Waals surface area contributed by atoms with E-state index in [4.69, 9.17) is 4.84 Å². The van der Waals surface area contributed by atoms with E-state index < -0.39 is 34.6 Å². The van der Waals surface area contributed by atoms with Crippen molar-refractivity contribution in [2.45, 2.75) is 6.92 Å². The quantitative estimate of drug-likeness (QED) is 0.702. The van der Waals surface area contributed by atoms with E-state index in [1.807, 2.05) is 0 Å². The molecular formula is C19H11FN2O5. The third kappa shape index (κ3) is 2.50. The highest BCUT2D eigenvalue weighted by Crippen LogP contribution is 2.23. The molecule has 0 atom stereocenters. The molecule has 8 heteroatoms. The molecule has 0 saturated carbocycles. The lowest BCUT2D eigenvalue weighted by Gasteiger charge is -2.12. The number of H-pyrrole nitrogens is 1. The predicted molar refractivity (Wildman–Crippen MR) is 91.6 cm³/mol. The summed E-state index contributed by atoms with van der Waals surface area (Å²) in [5, 5.41) is 0.275. The molecule has 1 aliphatic heterocycles. The molecule has 2 aromatic carbocycles. The second-order valence-electron chi connectivity index (χ2n) is 6.01. The van der Waals surface area contributed by atoms with Crippen molar-refractivity contribution < 1.29 is 23.6 Å². The number of fused-ring (bicyclic) bond motifs is 2. The number of hydrogen-bond acceptors (Lipinski definition) is 5. The minimum Gasteiger partial charge on any atom is -0.360 e. The number of carbonyl (C=O) groups is 3. The van der Waals surface area contributed by atoms with Gasteiger partial charge in [0.2, 0.25) is 5.43 Å². The Balaban J connectivity index is 1.71. The number of carbonyl (C=O) groups excluding carboxylic acids is 3. The van der Waals surface area contributed by atoms with Crippen LogP contribution in [0.25, 0.3) is 10.9 Å². The second-order valence-corrected chi connectivity index (χ2v) is 6.01. The van der Waals surface area contributed by atoms with Gasteiger partial charge in [-0.3, -0.25) is 14.4 Å². The van der Waals surface area contributed by atoms with E-state index in [0.717, 1.165) is 12.3 Å². The molecule has 7 nitrogen and oxygen atoms in total. The maximum absolute atomic E-state index is 13.6. The number of halogens is 1. The zero-order valence-corrected chi connectivity index (χ0v) is 13.9. The SMILES string of the molecule is Cc1cc(F)cc2c(=O)c(C(=O)ON3C(=O)c4ccccc4C3=O)c[nH]c12. The van der Waals surface area contributed by atoms with Gasteiger partial charge in [0.25, 0.3) is 11.8 Å². The van der Waals surface area contributed by atoms with Crippen LogP contribution in [0.1, 0.15) is 36.6 Å². The smallest absolute Gasteiger partial charge is 0.360 e. The van der Waals surface area contributed by atoms with E-state index in [-0.39, 0.29) is 16.5 Å². The average Bonchev–Trinajstić information content (AvgIpc) is 2.88. The van der Waals surface area contributed by atoms with Gasteiger partial charge in [0, 0.05) is 11.6 Å². The monoisotopic (exact) mass is 366 g/mol. The minimum absolute atomic E-state index is 0.0377. The van der Waals surface area contributed by atoms with Crippen LogP contribution in [-0.4, -0.2) is 27.8 Å². The average molecular weight is 366 g/mol. The number of rotatable bonds is 2. The molecule has 3 aromatic rings. The number of benzene rings is 2. The van der Waals surface area contributed by atoms with Gasteiger partial charge in [0.15, 0.2) is 0 Å². The third-order valence-corrected chi connectivity index (χ3v) is 4.30. The van der Waals surface area contributed by atoms with Gasteiger partial charge in [-0.2, -0.15) is 0 Å². The Kier molecular flexibility index (Phi) is 3.62. The number of aryl methyl sites for hydroxylation is 1. The van der Waals surface area contributed by atoms with Crippen LogP contribution >= 0.6 is 0 Å². The summed E-state index contributed by atoms with van der Waals surface area (Å²) in [5.41, 5.74) is -0.168. The van der Waals surface area contributed by atoms with Crippen molar-refractivity contribution in [3.05, 3.63) is 80.9 Å². The number of nitrogens with one attached hydrogen (secondary N) is 1. The van der Waals surface area contributed by atoms with Crippen molar-refractivity contribution in [3.63, 3.8) is 0 Å². The van der Waals surface area contributed by atoms with Crippen LogP contribution in [0, 0.1) is 12.7 Å². The number of imide groups is 1. The maximum Gasteiger partial charge on any atom is 0.369 e. The number of hydrogen-bond donors (Lipinski definition) is 1. The van der Waals surface area contributed by atoms with Crippen molar-refractivity contribution >= 4 is 28.7 Å². The summed E-state index contributed by atoms with van der Waals surface area (Å²) in [6, 6.07) is 8.24. The van der Waals surface area contributed by atoms with E-state index in [9.17, 15) is 23.6 Å². The number of aromatic nitrogens is 1. The van der Waals surface area contributed by atoms with Crippen LogP contribution in [-0.2, 0) is 4.84 Å². The normalized spacial score (nSPS) is 13.2. The third-order valence-electron chi connectivity index (χ3n) is 4.30. The number of hydroxylamine groups is 2. The highest BCUT2D eigenvalue weighted by atomic mass is 19.1. The molecular weight excluding hydrogens is 355 g/mol. The molecule has 0 unspecified atom stereocenters.